The maximum Gasteiger partial charge on any atom is 0.230 e. The number of pyridine rings is 1. The molecule has 3 rings (SSSR count). The van der Waals surface area contributed by atoms with Crippen molar-refractivity contribution in [3.8, 4) is 10.6 Å². The van der Waals surface area contributed by atoms with Crippen molar-refractivity contribution in [1.29, 1.82) is 0 Å². The van der Waals surface area contributed by atoms with Gasteiger partial charge in [-0.05, 0) is 23.6 Å². The zero-order valence-corrected chi connectivity index (χ0v) is 12.1. The lowest BCUT2D eigenvalue weighted by Gasteiger charge is -2.02. The standard InChI is InChI=1S/C14H11N3OS2/c18-13(16-11-1-4-15-5-2-11)7-12-9-20-14(17-12)10-3-6-19-8-10/h1-6,8-9H,7H2,(H,15,16,18). The number of nitrogens with zero attached hydrogens (tertiary/aromatic N) is 2. The first-order valence-electron chi connectivity index (χ1n) is 5.98. The quantitative estimate of drug-likeness (QED) is 0.803. The van der Waals surface area contributed by atoms with Gasteiger partial charge in [0.05, 0.1) is 12.1 Å². The van der Waals surface area contributed by atoms with E-state index < -0.39 is 0 Å². The first-order valence-corrected chi connectivity index (χ1v) is 7.80. The molecular weight excluding hydrogens is 290 g/mol. The van der Waals surface area contributed by atoms with Gasteiger partial charge in [0.2, 0.25) is 5.91 Å². The number of thiophene rings is 1. The maximum absolute atomic E-state index is 11.9. The molecule has 4 nitrogen and oxygen atoms in total. The lowest BCUT2D eigenvalue weighted by Crippen LogP contribution is -2.14. The number of hydrogen-bond acceptors (Lipinski definition) is 5. The number of carbonyl (C=O) groups excluding carboxylic acids is 1. The van der Waals surface area contributed by atoms with Gasteiger partial charge in [-0.15, -0.1) is 11.3 Å². The second kappa shape index (κ2) is 5.94. The topological polar surface area (TPSA) is 54.9 Å². The predicted molar refractivity (Wildman–Crippen MR) is 82.0 cm³/mol. The van der Waals surface area contributed by atoms with Crippen molar-refractivity contribution in [2.75, 3.05) is 5.32 Å². The summed E-state index contributed by atoms with van der Waals surface area (Å²) in [5, 5.41) is 9.78. The first kappa shape index (κ1) is 13.0. The molecule has 0 bridgehead atoms. The number of aromatic nitrogens is 2. The van der Waals surface area contributed by atoms with Crippen LogP contribution in [0.3, 0.4) is 0 Å². The largest absolute Gasteiger partial charge is 0.326 e. The highest BCUT2D eigenvalue weighted by Gasteiger charge is 2.09. The molecule has 1 N–H and O–H groups in total. The van der Waals surface area contributed by atoms with E-state index in [0.717, 1.165) is 22.0 Å². The molecule has 100 valence electrons. The zero-order chi connectivity index (χ0) is 13.8. The number of rotatable bonds is 4. The van der Waals surface area contributed by atoms with Crippen molar-refractivity contribution in [2.45, 2.75) is 6.42 Å². The summed E-state index contributed by atoms with van der Waals surface area (Å²) < 4.78 is 0. The van der Waals surface area contributed by atoms with Crippen LogP contribution in [0, 0.1) is 0 Å². The molecule has 0 aliphatic rings. The molecule has 3 aromatic rings. The highest BCUT2D eigenvalue weighted by atomic mass is 32.1. The normalized spacial score (nSPS) is 10.4. The Labute approximate surface area is 124 Å². The van der Waals surface area contributed by atoms with Gasteiger partial charge >= 0.3 is 0 Å². The van der Waals surface area contributed by atoms with Gasteiger partial charge in [-0.2, -0.15) is 11.3 Å². The van der Waals surface area contributed by atoms with E-state index in [1.54, 1.807) is 47.2 Å². The van der Waals surface area contributed by atoms with Gasteiger partial charge in [-0.1, -0.05) is 0 Å². The average molecular weight is 301 g/mol. The minimum absolute atomic E-state index is 0.0710. The van der Waals surface area contributed by atoms with Crippen LogP contribution in [0.2, 0.25) is 0 Å². The molecule has 1 amide bonds. The number of nitrogens with one attached hydrogen (secondary N) is 1. The summed E-state index contributed by atoms with van der Waals surface area (Å²) in [7, 11) is 0. The third-order valence-electron chi connectivity index (χ3n) is 2.63. The average Bonchev–Trinajstić information content (AvgIpc) is 3.10. The van der Waals surface area contributed by atoms with Gasteiger partial charge in [-0.3, -0.25) is 9.78 Å². The van der Waals surface area contributed by atoms with Crippen LogP contribution in [0.15, 0.2) is 46.7 Å². The van der Waals surface area contributed by atoms with Crippen LogP contribution < -0.4 is 5.32 Å². The first-order chi connectivity index (χ1) is 9.81. The molecule has 0 aromatic carbocycles. The van der Waals surface area contributed by atoms with Crippen LogP contribution in [0.4, 0.5) is 5.69 Å². The minimum Gasteiger partial charge on any atom is -0.326 e. The molecule has 0 fully saturated rings. The Balaban J connectivity index is 1.65. The second-order valence-corrected chi connectivity index (χ2v) is 5.75. The van der Waals surface area contributed by atoms with Gasteiger partial charge in [0.1, 0.15) is 5.01 Å². The Morgan fingerprint density at radius 3 is 2.80 bits per heavy atom. The number of anilines is 1. The molecule has 6 heteroatoms. The minimum atomic E-state index is -0.0710. The molecule has 0 saturated heterocycles. The van der Waals surface area contributed by atoms with Crippen molar-refractivity contribution in [1.82, 2.24) is 9.97 Å². The van der Waals surface area contributed by atoms with E-state index in [9.17, 15) is 4.79 Å². The maximum atomic E-state index is 11.9. The highest BCUT2D eigenvalue weighted by molar-refractivity contribution is 7.14. The molecule has 3 heterocycles. The number of carbonyl (C=O) groups is 1. The van der Waals surface area contributed by atoms with Crippen LogP contribution in [-0.2, 0) is 11.2 Å². The Morgan fingerprint density at radius 1 is 1.20 bits per heavy atom. The summed E-state index contributed by atoms with van der Waals surface area (Å²) in [6.45, 7) is 0. The third-order valence-corrected chi connectivity index (χ3v) is 4.25. The van der Waals surface area contributed by atoms with E-state index in [4.69, 9.17) is 0 Å². The van der Waals surface area contributed by atoms with E-state index >= 15 is 0 Å². The molecule has 0 atom stereocenters. The zero-order valence-electron chi connectivity index (χ0n) is 10.4. The highest BCUT2D eigenvalue weighted by Crippen LogP contribution is 2.25. The molecular formula is C14H11N3OS2. The SMILES string of the molecule is O=C(Cc1csc(-c2ccsc2)n1)Nc1ccncc1. The molecule has 0 unspecified atom stereocenters. The van der Waals surface area contributed by atoms with Crippen LogP contribution in [0.25, 0.3) is 10.6 Å². The number of thiazole rings is 1. The number of amides is 1. The summed E-state index contributed by atoms with van der Waals surface area (Å²) in [6.07, 6.45) is 3.57. The summed E-state index contributed by atoms with van der Waals surface area (Å²) in [4.78, 5) is 20.3. The van der Waals surface area contributed by atoms with E-state index in [-0.39, 0.29) is 12.3 Å². The van der Waals surface area contributed by atoms with E-state index in [2.05, 4.69) is 20.7 Å². The molecule has 0 aliphatic heterocycles. The summed E-state index contributed by atoms with van der Waals surface area (Å²) >= 11 is 3.20. The molecule has 0 aliphatic carbocycles. The fraction of sp³-hybridized carbons (Fsp3) is 0.0714. The van der Waals surface area contributed by atoms with Gasteiger partial charge in [-0.25, -0.2) is 4.98 Å². The third kappa shape index (κ3) is 3.09. The van der Waals surface area contributed by atoms with Crippen LogP contribution in [0.5, 0.6) is 0 Å². The smallest absolute Gasteiger partial charge is 0.230 e. The van der Waals surface area contributed by atoms with E-state index in [1.165, 1.54) is 0 Å². The van der Waals surface area contributed by atoms with E-state index in [1.807, 2.05) is 16.8 Å². The molecule has 0 radical (unpaired) electrons. The van der Waals surface area contributed by atoms with Gasteiger partial charge in [0, 0.05) is 34.4 Å². The van der Waals surface area contributed by atoms with Crippen molar-refractivity contribution in [3.63, 3.8) is 0 Å². The van der Waals surface area contributed by atoms with Crippen LogP contribution in [0.1, 0.15) is 5.69 Å². The second-order valence-electron chi connectivity index (χ2n) is 4.12. The fourth-order valence-electron chi connectivity index (χ4n) is 1.71. The Hall–Kier alpha value is -2.05. The van der Waals surface area contributed by atoms with Gasteiger partial charge < -0.3 is 5.32 Å². The lowest BCUT2D eigenvalue weighted by atomic mass is 10.3. The predicted octanol–water partition coefficient (Wildman–Crippen LogP) is 3.45. The molecule has 20 heavy (non-hydrogen) atoms. The van der Waals surface area contributed by atoms with Crippen molar-refractivity contribution in [2.24, 2.45) is 0 Å². The van der Waals surface area contributed by atoms with Crippen molar-refractivity contribution in [3.05, 3.63) is 52.4 Å². The van der Waals surface area contributed by atoms with Gasteiger partial charge in [0.15, 0.2) is 0 Å². The van der Waals surface area contributed by atoms with Crippen LogP contribution >= 0.6 is 22.7 Å². The monoisotopic (exact) mass is 301 g/mol. The Bertz CT molecular complexity index is 692. The summed E-state index contributed by atoms with van der Waals surface area (Å²) in [6, 6.07) is 5.55. The summed E-state index contributed by atoms with van der Waals surface area (Å²) in [5.41, 5.74) is 2.65. The van der Waals surface area contributed by atoms with Crippen LogP contribution in [-0.4, -0.2) is 15.9 Å². The van der Waals surface area contributed by atoms with Crippen molar-refractivity contribution < 1.29 is 4.79 Å². The van der Waals surface area contributed by atoms with Crippen molar-refractivity contribution >= 4 is 34.3 Å². The molecule has 0 spiro atoms. The summed E-state index contributed by atoms with van der Waals surface area (Å²) in [5.74, 6) is -0.0710. The van der Waals surface area contributed by atoms with Gasteiger partial charge in [0.25, 0.3) is 0 Å². The lowest BCUT2D eigenvalue weighted by molar-refractivity contribution is -0.115. The Morgan fingerprint density at radius 2 is 2.05 bits per heavy atom. The Kier molecular flexibility index (Phi) is 3.85. The van der Waals surface area contributed by atoms with E-state index in [0.29, 0.717) is 0 Å². The molecule has 0 saturated carbocycles. The molecule has 3 aromatic heterocycles. The number of hydrogen-bond donors (Lipinski definition) is 1. The fourth-order valence-corrected chi connectivity index (χ4v) is 3.24.